The van der Waals surface area contributed by atoms with E-state index in [1.165, 1.54) is 0 Å². The molecule has 0 saturated carbocycles. The molecule has 0 unspecified atom stereocenters. The summed E-state index contributed by atoms with van der Waals surface area (Å²) >= 11 is 0. The van der Waals surface area contributed by atoms with Crippen LogP contribution in [0.4, 0.5) is 0 Å². The van der Waals surface area contributed by atoms with Gasteiger partial charge in [-0.1, -0.05) is 0 Å². The molecule has 1 aliphatic rings. The van der Waals surface area contributed by atoms with E-state index < -0.39 is 0 Å². The van der Waals surface area contributed by atoms with E-state index in [-0.39, 0.29) is 0 Å². The Morgan fingerprint density at radius 1 is 1.14 bits per heavy atom. The maximum atomic E-state index is 7.00. The lowest BCUT2D eigenvalue weighted by molar-refractivity contribution is 0.348. The second-order valence-electron chi connectivity index (χ2n) is 6.18. The highest BCUT2D eigenvalue weighted by molar-refractivity contribution is 5.67. The zero-order valence-electron chi connectivity index (χ0n) is 16.5. The summed E-state index contributed by atoms with van der Waals surface area (Å²) < 4.78 is 24.3. The lowest BCUT2D eigenvalue weighted by Crippen LogP contribution is -2.06. The first-order valence-corrected chi connectivity index (χ1v) is 8.85. The Kier molecular flexibility index (Phi) is 4.81. The molecule has 0 radical (unpaired) electrons. The molecule has 1 aromatic carbocycles. The van der Waals surface area contributed by atoms with E-state index in [2.05, 4.69) is 15.1 Å². The standard InChI is InChI=1S/C19H16N4O4.CH4O/c1-10-20-13-8-11-7-12(9-15(24-2)17(11)25-3)27-19-16(13)23(10)22-18(21-19)14-5-4-6-26-14;1-2/h4-7,9H,8H2,1-3H3;2H,1H3. The minimum Gasteiger partial charge on any atom is -0.493 e. The van der Waals surface area contributed by atoms with Gasteiger partial charge in [0.05, 0.1) is 26.2 Å². The molecule has 0 aliphatic carbocycles. The molecule has 3 aromatic heterocycles. The van der Waals surface area contributed by atoms with Gasteiger partial charge in [0.15, 0.2) is 22.8 Å². The van der Waals surface area contributed by atoms with Crippen molar-refractivity contribution in [2.24, 2.45) is 0 Å². The summed E-state index contributed by atoms with van der Waals surface area (Å²) in [6, 6.07) is 7.29. The fraction of sp³-hybridized carbons (Fsp3) is 0.250. The van der Waals surface area contributed by atoms with Gasteiger partial charge < -0.3 is 23.7 Å². The maximum absolute atomic E-state index is 7.00. The number of hydrogen-bond acceptors (Lipinski definition) is 8. The van der Waals surface area contributed by atoms with Crippen LogP contribution in [0.25, 0.3) is 17.1 Å². The highest BCUT2D eigenvalue weighted by Crippen LogP contribution is 2.41. The van der Waals surface area contributed by atoms with Gasteiger partial charge in [0.25, 0.3) is 0 Å². The molecule has 5 rings (SSSR count). The van der Waals surface area contributed by atoms with E-state index in [1.54, 1.807) is 43.2 Å². The monoisotopic (exact) mass is 396 g/mol. The number of imidazole rings is 1. The summed E-state index contributed by atoms with van der Waals surface area (Å²) in [5.74, 6) is 4.02. The Hall–Kier alpha value is -3.59. The van der Waals surface area contributed by atoms with Gasteiger partial charge in [-0.15, -0.1) is 5.10 Å². The number of nitrogens with zero attached hydrogens (tertiary/aromatic N) is 4. The number of ether oxygens (including phenoxy) is 3. The van der Waals surface area contributed by atoms with Crippen LogP contribution in [0.1, 0.15) is 17.1 Å². The quantitative estimate of drug-likeness (QED) is 0.496. The average molecular weight is 396 g/mol. The molecule has 0 fully saturated rings. The molecule has 9 nitrogen and oxygen atoms in total. The first-order valence-electron chi connectivity index (χ1n) is 8.85. The summed E-state index contributed by atoms with van der Waals surface area (Å²) in [4.78, 5) is 9.26. The van der Waals surface area contributed by atoms with Gasteiger partial charge in [0.1, 0.15) is 11.6 Å². The van der Waals surface area contributed by atoms with Crippen LogP contribution in [-0.2, 0) is 6.42 Å². The number of rotatable bonds is 3. The Balaban J connectivity index is 0.000000994. The second-order valence-corrected chi connectivity index (χ2v) is 6.18. The summed E-state index contributed by atoms with van der Waals surface area (Å²) in [6.07, 6.45) is 2.13. The van der Waals surface area contributed by atoms with Crippen molar-refractivity contribution in [2.45, 2.75) is 13.3 Å². The smallest absolute Gasteiger partial charge is 0.249 e. The number of methoxy groups -OCH3 is 2. The van der Waals surface area contributed by atoms with Crippen molar-refractivity contribution >= 4 is 5.52 Å². The van der Waals surface area contributed by atoms with E-state index >= 15 is 0 Å². The van der Waals surface area contributed by atoms with Crippen LogP contribution >= 0.6 is 0 Å². The zero-order chi connectivity index (χ0) is 20.5. The lowest BCUT2D eigenvalue weighted by Gasteiger charge is -2.17. The number of aliphatic hydroxyl groups is 1. The van der Waals surface area contributed by atoms with Gasteiger partial charge in [0, 0.05) is 25.2 Å². The van der Waals surface area contributed by atoms with Crippen molar-refractivity contribution < 1.29 is 23.7 Å². The average Bonchev–Trinajstić information content (AvgIpc) is 3.37. The van der Waals surface area contributed by atoms with Gasteiger partial charge in [-0.05, 0) is 25.1 Å². The molecule has 150 valence electrons. The van der Waals surface area contributed by atoms with E-state index in [9.17, 15) is 0 Å². The molecule has 4 heterocycles. The van der Waals surface area contributed by atoms with Crippen molar-refractivity contribution in [1.82, 2.24) is 19.6 Å². The molecule has 4 aromatic rings. The number of fused-ring (bicyclic) bond motifs is 2. The lowest BCUT2D eigenvalue weighted by atomic mass is 10.1. The summed E-state index contributed by atoms with van der Waals surface area (Å²) in [7, 11) is 4.22. The van der Waals surface area contributed by atoms with Crippen LogP contribution in [0, 0.1) is 6.92 Å². The second kappa shape index (κ2) is 7.44. The van der Waals surface area contributed by atoms with Crippen molar-refractivity contribution in [1.29, 1.82) is 0 Å². The topological polar surface area (TPSA) is 104 Å². The van der Waals surface area contributed by atoms with E-state index in [4.69, 9.17) is 23.7 Å². The third-order valence-corrected chi connectivity index (χ3v) is 4.54. The minimum atomic E-state index is 0.421. The first-order chi connectivity index (χ1) is 14.2. The van der Waals surface area contributed by atoms with E-state index in [0.29, 0.717) is 41.1 Å². The summed E-state index contributed by atoms with van der Waals surface area (Å²) in [6.45, 7) is 1.89. The van der Waals surface area contributed by atoms with Gasteiger partial charge in [-0.3, -0.25) is 0 Å². The molecule has 0 amide bonds. The van der Waals surface area contributed by atoms with Gasteiger partial charge >= 0.3 is 0 Å². The van der Waals surface area contributed by atoms with Crippen molar-refractivity contribution in [3.8, 4) is 34.7 Å². The number of furan rings is 1. The molecular weight excluding hydrogens is 376 g/mol. The first kappa shape index (κ1) is 18.8. The third kappa shape index (κ3) is 3.05. The Morgan fingerprint density at radius 3 is 2.66 bits per heavy atom. The minimum absolute atomic E-state index is 0.421. The SMILES string of the molecule is CO.COc1cc2cc(c1OC)Cc1nc(C)n3nc(-c4ccco4)nc(c13)O2. The molecule has 0 atom stereocenters. The van der Waals surface area contributed by atoms with Gasteiger partial charge in [-0.25, -0.2) is 9.50 Å². The van der Waals surface area contributed by atoms with E-state index in [0.717, 1.165) is 29.7 Å². The number of aliphatic hydroxyl groups excluding tert-OH is 1. The molecule has 1 aliphatic heterocycles. The molecule has 2 bridgehead atoms. The third-order valence-electron chi connectivity index (χ3n) is 4.54. The van der Waals surface area contributed by atoms with Gasteiger partial charge in [0.2, 0.25) is 11.7 Å². The molecule has 29 heavy (non-hydrogen) atoms. The fourth-order valence-corrected chi connectivity index (χ4v) is 3.38. The molecule has 0 saturated heterocycles. The Labute approximate surface area is 166 Å². The molecular formula is C20H20N4O5. The molecule has 9 heteroatoms. The van der Waals surface area contributed by atoms with Crippen molar-refractivity contribution in [3.05, 3.63) is 47.6 Å². The van der Waals surface area contributed by atoms with Crippen LogP contribution in [0.2, 0.25) is 0 Å². The largest absolute Gasteiger partial charge is 0.493 e. The predicted octanol–water partition coefficient (Wildman–Crippen LogP) is 3.01. The van der Waals surface area contributed by atoms with Crippen molar-refractivity contribution in [2.75, 3.05) is 21.3 Å². The van der Waals surface area contributed by atoms with E-state index in [1.807, 2.05) is 13.0 Å². The van der Waals surface area contributed by atoms with Crippen molar-refractivity contribution in [3.63, 3.8) is 0 Å². The number of aromatic nitrogens is 4. The number of benzene rings is 1. The van der Waals surface area contributed by atoms with Crippen LogP contribution in [0.5, 0.6) is 23.1 Å². The molecule has 1 N–H and O–H groups in total. The number of hydrogen-bond donors (Lipinski definition) is 1. The normalized spacial score (nSPS) is 11.8. The summed E-state index contributed by atoms with van der Waals surface area (Å²) in [5.41, 5.74) is 2.47. The highest BCUT2D eigenvalue weighted by Gasteiger charge is 2.25. The van der Waals surface area contributed by atoms with Crippen LogP contribution in [0.3, 0.4) is 0 Å². The predicted molar refractivity (Wildman–Crippen MR) is 104 cm³/mol. The fourth-order valence-electron chi connectivity index (χ4n) is 3.38. The van der Waals surface area contributed by atoms with Crippen LogP contribution < -0.4 is 14.2 Å². The molecule has 0 spiro atoms. The van der Waals surface area contributed by atoms with Crippen LogP contribution in [-0.4, -0.2) is 46.0 Å². The Morgan fingerprint density at radius 2 is 1.97 bits per heavy atom. The highest BCUT2D eigenvalue weighted by atomic mass is 16.5. The maximum Gasteiger partial charge on any atom is 0.249 e. The Bertz CT molecular complexity index is 1170. The summed E-state index contributed by atoms with van der Waals surface area (Å²) in [5, 5.41) is 11.6. The van der Waals surface area contributed by atoms with Crippen LogP contribution in [0.15, 0.2) is 34.9 Å². The number of aryl methyl sites for hydroxylation is 1. The zero-order valence-corrected chi connectivity index (χ0v) is 16.5. The van der Waals surface area contributed by atoms with Gasteiger partial charge in [-0.2, -0.15) is 4.98 Å².